The topological polar surface area (TPSA) is 101 Å². The number of sulfonamides is 1. The second-order valence-corrected chi connectivity index (χ2v) is 14.4. The first-order valence-corrected chi connectivity index (χ1v) is 17.9. The van der Waals surface area contributed by atoms with Gasteiger partial charge in [-0.2, -0.15) is 18.3 Å². The first kappa shape index (κ1) is 37.2. The highest BCUT2D eigenvalue weighted by molar-refractivity contribution is 7.89. The average Bonchev–Trinajstić information content (AvgIpc) is 3.54. The number of aliphatic hydroxyl groups excluding tert-OH is 1. The number of hydrogen-bond acceptors (Lipinski definition) is 5. The molecule has 1 aliphatic rings. The number of rotatable bonds is 8. The van der Waals surface area contributed by atoms with Crippen molar-refractivity contribution in [2.24, 2.45) is 11.1 Å². The number of halogens is 5. The van der Waals surface area contributed by atoms with Crippen molar-refractivity contribution in [1.82, 2.24) is 14.7 Å². The lowest BCUT2D eigenvalue weighted by atomic mass is 9.90. The van der Waals surface area contributed by atoms with Crippen LogP contribution in [0, 0.1) is 18.7 Å². The van der Waals surface area contributed by atoms with Gasteiger partial charge >= 0.3 is 6.18 Å². The lowest BCUT2D eigenvalue weighted by molar-refractivity contribution is -0.141. The number of alkyl halides is 3. The van der Waals surface area contributed by atoms with Crippen LogP contribution in [0.2, 0.25) is 5.02 Å². The Bertz CT molecular complexity index is 1960. The molecule has 0 aliphatic carbocycles. The van der Waals surface area contributed by atoms with Crippen LogP contribution >= 0.6 is 11.6 Å². The van der Waals surface area contributed by atoms with E-state index in [1.54, 1.807) is 24.3 Å². The van der Waals surface area contributed by atoms with Crippen molar-refractivity contribution >= 4 is 21.6 Å². The van der Waals surface area contributed by atoms with Crippen LogP contribution in [0.3, 0.4) is 0 Å². The van der Waals surface area contributed by atoms with Crippen molar-refractivity contribution < 1.29 is 31.1 Å². The number of aliphatic hydroxyl groups is 1. The standard InChI is InChI=1S/C20H23ClFNO.C17H14F3N3O2S/c21-18-5-3-17(4-6-18)20(24)14-23-11-9-16(10-12-23)13-15-1-7-19(22)8-2-15;1-11-2-4-12(5-3-11)15-10-16(17(18,19)20)22-23(15)13-6-8-14(9-7-13)26(21,24)25/h1-8,16,20,24H,9-14H2;2-10H,1H3,(H2,21,24,25). The van der Waals surface area contributed by atoms with Gasteiger partial charge in [-0.1, -0.05) is 65.7 Å². The Morgan fingerprint density at radius 3 is 2.08 bits per heavy atom. The lowest BCUT2D eigenvalue weighted by Crippen LogP contribution is -2.37. The van der Waals surface area contributed by atoms with Gasteiger partial charge in [0.15, 0.2) is 5.69 Å². The summed E-state index contributed by atoms with van der Waals surface area (Å²) in [5.41, 5.74) is 3.11. The molecule has 0 saturated carbocycles. The van der Waals surface area contributed by atoms with Crippen LogP contribution in [0.25, 0.3) is 16.9 Å². The van der Waals surface area contributed by atoms with Crippen LogP contribution in [-0.4, -0.2) is 47.8 Å². The molecule has 2 heterocycles. The molecule has 0 spiro atoms. The van der Waals surface area contributed by atoms with E-state index in [9.17, 15) is 31.1 Å². The molecule has 6 rings (SSSR count). The molecule has 1 fully saturated rings. The zero-order valence-corrected chi connectivity index (χ0v) is 28.8. The molecule has 1 aromatic heterocycles. The number of benzene rings is 4. The first-order valence-electron chi connectivity index (χ1n) is 15.9. The maximum absolute atomic E-state index is 13.1. The minimum Gasteiger partial charge on any atom is -0.387 e. The van der Waals surface area contributed by atoms with Crippen LogP contribution < -0.4 is 5.14 Å². The fourth-order valence-electron chi connectivity index (χ4n) is 5.79. The number of primary sulfonamides is 1. The summed E-state index contributed by atoms with van der Waals surface area (Å²) in [6.45, 7) is 4.52. The molecule has 13 heteroatoms. The Hall–Kier alpha value is -4.07. The smallest absolute Gasteiger partial charge is 0.387 e. The van der Waals surface area contributed by atoms with E-state index in [1.807, 2.05) is 43.3 Å². The van der Waals surface area contributed by atoms with Crippen molar-refractivity contribution in [2.45, 2.75) is 43.4 Å². The summed E-state index contributed by atoms with van der Waals surface area (Å²) in [6, 6.07) is 27.3. The van der Waals surface area contributed by atoms with Crippen LogP contribution in [0.5, 0.6) is 0 Å². The molecule has 0 bridgehead atoms. The van der Waals surface area contributed by atoms with E-state index in [0.717, 1.165) is 54.2 Å². The van der Waals surface area contributed by atoms with Gasteiger partial charge in [-0.3, -0.25) is 0 Å². The number of likely N-dealkylation sites (tertiary alicyclic amines) is 1. The highest BCUT2D eigenvalue weighted by Crippen LogP contribution is 2.33. The Balaban J connectivity index is 0.000000195. The maximum atomic E-state index is 13.1. The van der Waals surface area contributed by atoms with Gasteiger partial charge in [0.2, 0.25) is 10.0 Å². The average molecular weight is 729 g/mol. The van der Waals surface area contributed by atoms with Gasteiger partial charge in [0.25, 0.3) is 0 Å². The fraction of sp³-hybridized carbons (Fsp3) is 0.270. The monoisotopic (exact) mass is 728 g/mol. The Labute approximate surface area is 294 Å². The number of aryl methyl sites for hydroxylation is 1. The molecular formula is C37H37ClF4N4O3S. The van der Waals surface area contributed by atoms with Crippen molar-refractivity contribution in [3.05, 3.63) is 136 Å². The second-order valence-electron chi connectivity index (χ2n) is 12.4. The summed E-state index contributed by atoms with van der Waals surface area (Å²) in [5.74, 6) is 0.462. The molecule has 3 N–H and O–H groups in total. The Morgan fingerprint density at radius 2 is 1.52 bits per heavy atom. The van der Waals surface area contributed by atoms with Gasteiger partial charge < -0.3 is 10.0 Å². The number of hydrogen-bond donors (Lipinski definition) is 2. The number of nitrogens with two attached hydrogens (primary N) is 1. The number of piperidine rings is 1. The van der Waals surface area contributed by atoms with Crippen LogP contribution in [0.15, 0.2) is 108 Å². The third-order valence-corrected chi connectivity index (χ3v) is 9.77. The molecule has 264 valence electrons. The highest BCUT2D eigenvalue weighted by atomic mass is 35.5. The van der Waals surface area contributed by atoms with Crippen molar-refractivity contribution in [3.8, 4) is 16.9 Å². The van der Waals surface area contributed by atoms with Crippen LogP contribution in [-0.2, 0) is 22.6 Å². The maximum Gasteiger partial charge on any atom is 0.435 e. The zero-order valence-electron chi connectivity index (χ0n) is 27.2. The summed E-state index contributed by atoms with van der Waals surface area (Å²) in [6.07, 6.45) is -1.84. The largest absolute Gasteiger partial charge is 0.435 e. The van der Waals surface area contributed by atoms with Crippen molar-refractivity contribution in [1.29, 1.82) is 0 Å². The summed E-state index contributed by atoms with van der Waals surface area (Å²) in [7, 11) is -3.90. The van der Waals surface area contributed by atoms with E-state index in [1.165, 1.54) is 42.0 Å². The minimum atomic E-state index is -4.61. The highest BCUT2D eigenvalue weighted by Gasteiger charge is 2.35. The number of β-amino-alcohol motifs (C(OH)–C–C–N with tert-alkyl or cyclic N) is 1. The van der Waals surface area contributed by atoms with E-state index < -0.39 is 28.0 Å². The molecule has 7 nitrogen and oxygen atoms in total. The minimum absolute atomic E-state index is 0.138. The van der Waals surface area contributed by atoms with Gasteiger partial charge in [0.05, 0.1) is 22.4 Å². The molecule has 1 atom stereocenters. The quantitative estimate of drug-likeness (QED) is 0.158. The normalized spacial score (nSPS) is 15.0. The van der Waals surface area contributed by atoms with Crippen LogP contribution in [0.1, 0.15) is 41.3 Å². The molecule has 4 aromatic carbocycles. The predicted octanol–water partition coefficient (Wildman–Crippen LogP) is 7.98. The Kier molecular flexibility index (Phi) is 11.8. The van der Waals surface area contributed by atoms with Gasteiger partial charge in [-0.05, 0) is 111 Å². The molecule has 1 aliphatic heterocycles. The number of nitrogens with zero attached hydrogens (tertiary/aromatic N) is 3. The Morgan fingerprint density at radius 1 is 0.920 bits per heavy atom. The van der Waals surface area contributed by atoms with Gasteiger partial charge in [0, 0.05) is 17.1 Å². The SMILES string of the molecule is Cc1ccc(-c2cc(C(F)(F)F)nn2-c2ccc(S(N)(=O)=O)cc2)cc1.OC(CN1CCC(Cc2ccc(F)cc2)CC1)c1ccc(Cl)cc1. The first-order chi connectivity index (χ1) is 23.7. The third-order valence-electron chi connectivity index (χ3n) is 8.59. The second kappa shape index (κ2) is 15.9. The van der Waals surface area contributed by atoms with E-state index in [-0.39, 0.29) is 22.1 Å². The van der Waals surface area contributed by atoms with Crippen LogP contribution in [0.4, 0.5) is 17.6 Å². The fourth-order valence-corrected chi connectivity index (χ4v) is 6.43. The molecular weight excluding hydrogens is 692 g/mol. The summed E-state index contributed by atoms with van der Waals surface area (Å²) >= 11 is 5.89. The predicted molar refractivity (Wildman–Crippen MR) is 186 cm³/mol. The molecule has 0 radical (unpaired) electrons. The van der Waals surface area contributed by atoms with Gasteiger partial charge in [-0.25, -0.2) is 22.6 Å². The van der Waals surface area contributed by atoms with E-state index >= 15 is 0 Å². The summed E-state index contributed by atoms with van der Waals surface area (Å²) in [4.78, 5) is 2.18. The van der Waals surface area contributed by atoms with Crippen molar-refractivity contribution in [2.75, 3.05) is 19.6 Å². The number of aromatic nitrogens is 2. The van der Waals surface area contributed by atoms with E-state index in [0.29, 0.717) is 23.0 Å². The third kappa shape index (κ3) is 10.0. The molecule has 0 amide bonds. The summed E-state index contributed by atoms with van der Waals surface area (Å²) in [5, 5.41) is 19.8. The summed E-state index contributed by atoms with van der Waals surface area (Å²) < 4.78 is 76.2. The lowest BCUT2D eigenvalue weighted by Gasteiger charge is -2.33. The van der Waals surface area contributed by atoms with Crippen molar-refractivity contribution in [3.63, 3.8) is 0 Å². The molecule has 1 saturated heterocycles. The van der Waals surface area contributed by atoms with Gasteiger partial charge in [0.1, 0.15) is 5.82 Å². The van der Waals surface area contributed by atoms with Gasteiger partial charge in [-0.15, -0.1) is 0 Å². The molecule has 50 heavy (non-hydrogen) atoms. The molecule has 1 unspecified atom stereocenters. The molecule has 5 aromatic rings. The van der Waals surface area contributed by atoms with E-state index in [4.69, 9.17) is 16.7 Å². The zero-order chi connectivity index (χ0) is 36.1. The van der Waals surface area contributed by atoms with E-state index in [2.05, 4.69) is 10.00 Å².